The standard InChI is InChI=1S/C16H16FNO4S/c17-23(20,21)12-15-8-6-13(7-9-15)10-18-16(19)22-11-14-4-2-1-3-5-14/h1-9H,10-12H2,(H,18,19). The number of hydrogen-bond donors (Lipinski definition) is 1. The molecule has 0 atom stereocenters. The van der Waals surface area contributed by atoms with Crippen LogP contribution >= 0.6 is 0 Å². The van der Waals surface area contributed by atoms with Crippen LogP contribution in [0.25, 0.3) is 0 Å². The molecule has 2 aromatic rings. The van der Waals surface area contributed by atoms with Crippen LogP contribution in [0.5, 0.6) is 0 Å². The van der Waals surface area contributed by atoms with Crippen molar-refractivity contribution in [2.45, 2.75) is 18.9 Å². The molecule has 0 aliphatic heterocycles. The molecule has 0 saturated carbocycles. The zero-order chi connectivity index (χ0) is 16.7. The molecule has 0 heterocycles. The van der Waals surface area contributed by atoms with Crippen molar-refractivity contribution in [3.63, 3.8) is 0 Å². The molecule has 7 heteroatoms. The number of halogens is 1. The van der Waals surface area contributed by atoms with E-state index >= 15 is 0 Å². The first-order valence-electron chi connectivity index (χ1n) is 6.87. The molecule has 122 valence electrons. The minimum absolute atomic E-state index is 0.181. The first-order valence-corrected chi connectivity index (χ1v) is 8.42. The molecule has 0 spiro atoms. The minimum atomic E-state index is -4.54. The van der Waals surface area contributed by atoms with Crippen molar-refractivity contribution in [3.05, 3.63) is 71.3 Å². The van der Waals surface area contributed by atoms with Crippen molar-refractivity contribution in [2.24, 2.45) is 0 Å². The second-order valence-corrected chi connectivity index (χ2v) is 6.28. The van der Waals surface area contributed by atoms with Gasteiger partial charge in [0.1, 0.15) is 12.4 Å². The molecule has 0 aliphatic rings. The number of nitrogens with one attached hydrogen (secondary N) is 1. The Kier molecular flexibility index (Phi) is 5.70. The van der Waals surface area contributed by atoms with E-state index < -0.39 is 22.1 Å². The predicted octanol–water partition coefficient (Wildman–Crippen LogP) is 2.91. The summed E-state index contributed by atoms with van der Waals surface area (Å²) in [5.74, 6) is -0.653. The van der Waals surface area contributed by atoms with Crippen molar-refractivity contribution in [1.82, 2.24) is 5.32 Å². The number of carbonyl (C=O) groups is 1. The van der Waals surface area contributed by atoms with Gasteiger partial charge in [-0.3, -0.25) is 0 Å². The Morgan fingerprint density at radius 3 is 2.17 bits per heavy atom. The summed E-state index contributed by atoms with van der Waals surface area (Å²) in [6, 6.07) is 15.5. The maximum atomic E-state index is 12.6. The number of ether oxygens (including phenoxy) is 1. The first-order chi connectivity index (χ1) is 10.9. The van der Waals surface area contributed by atoms with Gasteiger partial charge in [-0.05, 0) is 16.7 Å². The summed E-state index contributed by atoms with van der Waals surface area (Å²) in [5.41, 5.74) is 1.99. The fourth-order valence-corrected chi connectivity index (χ4v) is 2.49. The molecular weight excluding hydrogens is 321 g/mol. The summed E-state index contributed by atoms with van der Waals surface area (Å²) in [7, 11) is -4.54. The van der Waals surface area contributed by atoms with Crippen LogP contribution in [-0.4, -0.2) is 14.5 Å². The third kappa shape index (κ3) is 6.48. The Morgan fingerprint density at radius 1 is 0.957 bits per heavy atom. The summed E-state index contributed by atoms with van der Waals surface area (Å²) < 4.78 is 38.7. The Bertz CT molecular complexity index is 745. The fourth-order valence-electron chi connectivity index (χ4n) is 1.90. The lowest BCUT2D eigenvalue weighted by molar-refractivity contribution is 0.139. The Hall–Kier alpha value is -2.41. The summed E-state index contributed by atoms with van der Waals surface area (Å²) in [6.45, 7) is 0.413. The van der Waals surface area contributed by atoms with Crippen molar-refractivity contribution in [3.8, 4) is 0 Å². The second-order valence-electron chi connectivity index (χ2n) is 4.91. The maximum Gasteiger partial charge on any atom is 0.407 e. The number of amides is 1. The zero-order valence-electron chi connectivity index (χ0n) is 12.2. The molecule has 5 nitrogen and oxygen atoms in total. The normalized spacial score (nSPS) is 11.0. The van der Waals surface area contributed by atoms with Crippen LogP contribution in [0.1, 0.15) is 16.7 Å². The van der Waals surface area contributed by atoms with Gasteiger partial charge in [-0.15, -0.1) is 3.89 Å². The van der Waals surface area contributed by atoms with E-state index in [4.69, 9.17) is 4.74 Å². The lowest BCUT2D eigenvalue weighted by atomic mass is 10.1. The van der Waals surface area contributed by atoms with Gasteiger partial charge >= 0.3 is 16.3 Å². The molecule has 0 bridgehead atoms. The second kappa shape index (κ2) is 7.73. The lowest BCUT2D eigenvalue weighted by Crippen LogP contribution is -2.23. The van der Waals surface area contributed by atoms with Crippen LogP contribution in [-0.2, 0) is 33.9 Å². The summed E-state index contributed by atoms with van der Waals surface area (Å²) >= 11 is 0. The van der Waals surface area contributed by atoms with Crippen molar-refractivity contribution < 1.29 is 21.8 Å². The lowest BCUT2D eigenvalue weighted by Gasteiger charge is -2.07. The van der Waals surface area contributed by atoms with Gasteiger partial charge in [-0.25, -0.2) is 4.79 Å². The molecule has 2 aromatic carbocycles. The van der Waals surface area contributed by atoms with E-state index in [-0.39, 0.29) is 13.2 Å². The van der Waals surface area contributed by atoms with E-state index in [2.05, 4.69) is 5.32 Å². The van der Waals surface area contributed by atoms with Gasteiger partial charge in [0, 0.05) is 6.54 Å². The third-order valence-corrected chi connectivity index (χ3v) is 3.69. The topological polar surface area (TPSA) is 72.5 Å². The summed E-state index contributed by atoms with van der Waals surface area (Å²) in [4.78, 5) is 11.6. The van der Waals surface area contributed by atoms with E-state index in [9.17, 15) is 17.1 Å². The van der Waals surface area contributed by atoms with E-state index in [1.54, 1.807) is 12.1 Å². The van der Waals surface area contributed by atoms with Gasteiger partial charge in [-0.2, -0.15) is 8.42 Å². The number of hydrogen-bond acceptors (Lipinski definition) is 4. The van der Waals surface area contributed by atoms with Gasteiger partial charge in [0.15, 0.2) is 0 Å². The largest absolute Gasteiger partial charge is 0.445 e. The van der Waals surface area contributed by atoms with Crippen LogP contribution in [0.4, 0.5) is 8.68 Å². The molecule has 0 aliphatic carbocycles. The monoisotopic (exact) mass is 337 g/mol. The SMILES string of the molecule is O=C(NCc1ccc(CS(=O)(=O)F)cc1)OCc1ccccc1. The van der Waals surface area contributed by atoms with Gasteiger partial charge < -0.3 is 10.1 Å². The Balaban J connectivity index is 1.78. The van der Waals surface area contributed by atoms with E-state index in [1.807, 2.05) is 30.3 Å². The Morgan fingerprint density at radius 2 is 1.57 bits per heavy atom. The molecule has 0 aromatic heterocycles. The summed E-state index contributed by atoms with van der Waals surface area (Å²) in [5, 5.41) is 2.58. The minimum Gasteiger partial charge on any atom is -0.445 e. The molecule has 0 unspecified atom stereocenters. The zero-order valence-corrected chi connectivity index (χ0v) is 13.1. The molecule has 0 saturated heterocycles. The van der Waals surface area contributed by atoms with Crippen LogP contribution in [0.15, 0.2) is 54.6 Å². The molecule has 0 fully saturated rings. The van der Waals surface area contributed by atoms with Crippen molar-refractivity contribution >= 4 is 16.3 Å². The molecule has 1 N–H and O–H groups in total. The highest BCUT2D eigenvalue weighted by molar-refractivity contribution is 7.85. The molecular formula is C16H16FNO4S. The van der Waals surface area contributed by atoms with Crippen LogP contribution < -0.4 is 5.32 Å². The van der Waals surface area contributed by atoms with Gasteiger partial charge in [-0.1, -0.05) is 54.6 Å². The van der Waals surface area contributed by atoms with E-state index in [0.717, 1.165) is 11.1 Å². The number of rotatable bonds is 6. The highest BCUT2D eigenvalue weighted by atomic mass is 32.3. The van der Waals surface area contributed by atoms with Crippen LogP contribution in [0.2, 0.25) is 0 Å². The highest BCUT2D eigenvalue weighted by Gasteiger charge is 2.08. The smallest absolute Gasteiger partial charge is 0.407 e. The maximum absolute atomic E-state index is 12.6. The molecule has 23 heavy (non-hydrogen) atoms. The number of benzene rings is 2. The Labute approximate surface area is 134 Å². The average Bonchev–Trinajstić information content (AvgIpc) is 2.52. The van der Waals surface area contributed by atoms with Crippen LogP contribution in [0.3, 0.4) is 0 Å². The van der Waals surface area contributed by atoms with Gasteiger partial charge in [0.05, 0.1) is 0 Å². The molecule has 1 amide bonds. The van der Waals surface area contributed by atoms with Crippen LogP contribution in [0, 0.1) is 0 Å². The third-order valence-electron chi connectivity index (χ3n) is 3.01. The molecule has 2 rings (SSSR count). The van der Waals surface area contributed by atoms with Gasteiger partial charge in [0.2, 0.25) is 0 Å². The number of alkyl carbamates (subject to hydrolysis) is 1. The molecule has 0 radical (unpaired) electrons. The number of carbonyl (C=O) groups excluding carboxylic acids is 1. The van der Waals surface area contributed by atoms with Gasteiger partial charge in [0.25, 0.3) is 0 Å². The summed E-state index contributed by atoms with van der Waals surface area (Å²) in [6.07, 6.45) is -0.552. The van der Waals surface area contributed by atoms with Crippen molar-refractivity contribution in [2.75, 3.05) is 0 Å². The van der Waals surface area contributed by atoms with E-state index in [0.29, 0.717) is 5.56 Å². The quantitative estimate of drug-likeness (QED) is 0.823. The predicted molar refractivity (Wildman–Crippen MR) is 83.6 cm³/mol. The highest BCUT2D eigenvalue weighted by Crippen LogP contribution is 2.09. The average molecular weight is 337 g/mol. The fraction of sp³-hybridized carbons (Fsp3) is 0.188. The first kappa shape index (κ1) is 17.0. The van der Waals surface area contributed by atoms with E-state index in [1.165, 1.54) is 12.1 Å². The van der Waals surface area contributed by atoms with Crippen molar-refractivity contribution in [1.29, 1.82) is 0 Å².